The molecule has 0 radical (unpaired) electrons. The Kier molecular flexibility index (Phi) is 4.45. The normalized spacial score (nSPS) is 12.1. The van der Waals surface area contributed by atoms with Crippen LogP contribution in [0.3, 0.4) is 0 Å². The summed E-state index contributed by atoms with van der Waals surface area (Å²) in [6, 6.07) is 5.83. The number of nitrogens with one attached hydrogen (secondary N) is 1. The lowest BCUT2D eigenvalue weighted by molar-refractivity contribution is -0.137. The van der Waals surface area contributed by atoms with Gasteiger partial charge in [0.05, 0.1) is 11.3 Å². The Hall–Kier alpha value is -1.40. The Morgan fingerprint density at radius 3 is 2.60 bits per heavy atom. The Labute approximate surface area is 119 Å². The van der Waals surface area contributed by atoms with Gasteiger partial charge in [0.2, 0.25) is 0 Å². The molecule has 0 atom stereocenters. The fraction of sp³-hybridized carbons (Fsp3) is 0.357. The number of alkyl halides is 3. The summed E-state index contributed by atoms with van der Waals surface area (Å²) in [5, 5.41) is 5.65. The number of rotatable bonds is 4. The van der Waals surface area contributed by atoms with Gasteiger partial charge in [-0.15, -0.1) is 11.3 Å². The molecule has 0 fully saturated rings. The molecule has 0 bridgehead atoms. The number of hydrogen-bond donors (Lipinski definition) is 1. The molecule has 2 aromatic rings. The molecule has 2 nitrogen and oxygen atoms in total. The van der Waals surface area contributed by atoms with E-state index < -0.39 is 11.7 Å². The second kappa shape index (κ2) is 5.93. The van der Waals surface area contributed by atoms with Crippen LogP contribution in [-0.4, -0.2) is 11.0 Å². The first-order chi connectivity index (χ1) is 9.38. The Bertz CT molecular complexity index is 576. The van der Waals surface area contributed by atoms with Crippen LogP contribution in [0.15, 0.2) is 29.6 Å². The van der Waals surface area contributed by atoms with Crippen LogP contribution in [0.25, 0.3) is 11.3 Å². The molecule has 0 saturated heterocycles. The standard InChI is InChI=1S/C14H15F3N2S/c1-9(2)18-7-13-19-12(8-20-13)10-5-3-4-6-11(10)14(15,16)17/h3-6,8-9,18H,7H2,1-2H3. The van der Waals surface area contributed by atoms with Gasteiger partial charge in [0.25, 0.3) is 0 Å². The third-order valence-electron chi connectivity index (χ3n) is 2.72. The SMILES string of the molecule is CC(C)NCc1nc(-c2ccccc2C(F)(F)F)cs1. The average molecular weight is 300 g/mol. The maximum absolute atomic E-state index is 13.0. The van der Waals surface area contributed by atoms with E-state index in [1.54, 1.807) is 11.4 Å². The maximum atomic E-state index is 13.0. The van der Waals surface area contributed by atoms with Crippen LogP contribution in [0.2, 0.25) is 0 Å². The van der Waals surface area contributed by atoms with Gasteiger partial charge < -0.3 is 5.32 Å². The quantitative estimate of drug-likeness (QED) is 0.909. The minimum atomic E-state index is -4.36. The molecule has 0 unspecified atom stereocenters. The Morgan fingerprint density at radius 1 is 1.25 bits per heavy atom. The van der Waals surface area contributed by atoms with Crippen molar-refractivity contribution >= 4 is 11.3 Å². The largest absolute Gasteiger partial charge is 0.417 e. The minimum Gasteiger partial charge on any atom is -0.308 e. The zero-order valence-corrected chi connectivity index (χ0v) is 12.0. The molecule has 0 aliphatic heterocycles. The molecule has 1 N–H and O–H groups in total. The van der Waals surface area contributed by atoms with Crippen LogP contribution < -0.4 is 5.32 Å². The third-order valence-corrected chi connectivity index (χ3v) is 3.57. The smallest absolute Gasteiger partial charge is 0.308 e. The van der Waals surface area contributed by atoms with Crippen molar-refractivity contribution in [2.24, 2.45) is 0 Å². The van der Waals surface area contributed by atoms with Crippen LogP contribution in [0.1, 0.15) is 24.4 Å². The van der Waals surface area contributed by atoms with E-state index in [1.165, 1.54) is 23.5 Å². The van der Waals surface area contributed by atoms with Crippen LogP contribution in [0.4, 0.5) is 13.2 Å². The van der Waals surface area contributed by atoms with E-state index in [2.05, 4.69) is 10.3 Å². The summed E-state index contributed by atoms with van der Waals surface area (Å²) in [6.45, 7) is 4.58. The zero-order chi connectivity index (χ0) is 14.8. The fourth-order valence-corrected chi connectivity index (χ4v) is 2.51. The van der Waals surface area contributed by atoms with E-state index in [0.717, 1.165) is 11.1 Å². The van der Waals surface area contributed by atoms with Gasteiger partial charge in [-0.25, -0.2) is 4.98 Å². The predicted molar refractivity (Wildman–Crippen MR) is 74.5 cm³/mol. The first-order valence-corrected chi connectivity index (χ1v) is 7.10. The van der Waals surface area contributed by atoms with E-state index in [0.29, 0.717) is 18.3 Å². The van der Waals surface area contributed by atoms with Crippen molar-refractivity contribution in [1.29, 1.82) is 0 Å². The summed E-state index contributed by atoms with van der Waals surface area (Å²) in [5.41, 5.74) is -0.135. The summed E-state index contributed by atoms with van der Waals surface area (Å²) in [4.78, 5) is 4.28. The first kappa shape index (κ1) is 15.0. The molecule has 0 aliphatic carbocycles. The molecule has 1 aromatic heterocycles. The Morgan fingerprint density at radius 2 is 1.95 bits per heavy atom. The molecule has 108 valence electrons. The molecule has 1 aromatic carbocycles. The van der Waals surface area contributed by atoms with Crippen LogP contribution in [-0.2, 0) is 12.7 Å². The lowest BCUT2D eigenvalue weighted by Gasteiger charge is -2.10. The molecule has 2 rings (SSSR count). The lowest BCUT2D eigenvalue weighted by Crippen LogP contribution is -2.21. The molecule has 0 aliphatic rings. The number of nitrogens with zero attached hydrogens (tertiary/aromatic N) is 1. The fourth-order valence-electron chi connectivity index (χ4n) is 1.76. The summed E-state index contributed by atoms with van der Waals surface area (Å²) >= 11 is 1.36. The molecule has 6 heteroatoms. The molecule has 20 heavy (non-hydrogen) atoms. The van der Waals surface area contributed by atoms with Crippen molar-refractivity contribution in [1.82, 2.24) is 10.3 Å². The van der Waals surface area contributed by atoms with Crippen LogP contribution in [0.5, 0.6) is 0 Å². The van der Waals surface area contributed by atoms with Gasteiger partial charge in [-0.05, 0) is 6.07 Å². The highest BCUT2D eigenvalue weighted by molar-refractivity contribution is 7.09. The van der Waals surface area contributed by atoms with Crippen LogP contribution in [0, 0.1) is 0 Å². The van der Waals surface area contributed by atoms with E-state index in [9.17, 15) is 13.2 Å². The van der Waals surface area contributed by atoms with E-state index >= 15 is 0 Å². The Balaban J connectivity index is 2.29. The summed E-state index contributed by atoms with van der Waals surface area (Å²) < 4.78 is 38.9. The first-order valence-electron chi connectivity index (χ1n) is 6.22. The number of halogens is 3. The van der Waals surface area contributed by atoms with Gasteiger partial charge in [0.1, 0.15) is 5.01 Å². The minimum absolute atomic E-state index is 0.132. The molecule has 0 saturated carbocycles. The van der Waals surface area contributed by atoms with Crippen molar-refractivity contribution in [3.8, 4) is 11.3 Å². The molecule has 1 heterocycles. The number of benzene rings is 1. The average Bonchev–Trinajstić information content (AvgIpc) is 2.84. The predicted octanol–water partition coefficient (Wildman–Crippen LogP) is 4.33. The van der Waals surface area contributed by atoms with Crippen molar-refractivity contribution in [2.75, 3.05) is 0 Å². The van der Waals surface area contributed by atoms with Gasteiger partial charge in [0.15, 0.2) is 0 Å². The highest BCUT2D eigenvalue weighted by Crippen LogP contribution is 2.37. The van der Waals surface area contributed by atoms with E-state index in [-0.39, 0.29) is 5.56 Å². The van der Waals surface area contributed by atoms with Gasteiger partial charge >= 0.3 is 6.18 Å². The highest BCUT2D eigenvalue weighted by atomic mass is 32.1. The highest BCUT2D eigenvalue weighted by Gasteiger charge is 2.33. The third kappa shape index (κ3) is 3.58. The molecule has 0 spiro atoms. The molecule has 0 amide bonds. The van der Waals surface area contributed by atoms with Crippen molar-refractivity contribution in [3.63, 3.8) is 0 Å². The second-order valence-corrected chi connectivity index (χ2v) is 5.65. The number of hydrogen-bond acceptors (Lipinski definition) is 3. The molecular formula is C14H15F3N2S. The zero-order valence-electron chi connectivity index (χ0n) is 11.2. The lowest BCUT2D eigenvalue weighted by atomic mass is 10.1. The van der Waals surface area contributed by atoms with E-state index in [4.69, 9.17) is 0 Å². The summed E-state index contributed by atoms with van der Waals surface area (Å²) in [7, 11) is 0. The van der Waals surface area contributed by atoms with E-state index in [1.807, 2.05) is 13.8 Å². The number of aromatic nitrogens is 1. The number of thiazole rings is 1. The van der Waals surface area contributed by atoms with Gasteiger partial charge in [-0.2, -0.15) is 13.2 Å². The maximum Gasteiger partial charge on any atom is 0.417 e. The van der Waals surface area contributed by atoms with Gasteiger partial charge in [-0.3, -0.25) is 0 Å². The summed E-state index contributed by atoms with van der Waals surface area (Å²) in [6.07, 6.45) is -4.36. The topological polar surface area (TPSA) is 24.9 Å². The van der Waals surface area contributed by atoms with Crippen molar-refractivity contribution in [3.05, 3.63) is 40.2 Å². The van der Waals surface area contributed by atoms with Gasteiger partial charge in [-0.1, -0.05) is 32.0 Å². The monoisotopic (exact) mass is 300 g/mol. The summed E-state index contributed by atoms with van der Waals surface area (Å²) in [5.74, 6) is 0. The second-order valence-electron chi connectivity index (χ2n) is 4.71. The van der Waals surface area contributed by atoms with Crippen molar-refractivity contribution < 1.29 is 13.2 Å². The van der Waals surface area contributed by atoms with Crippen molar-refractivity contribution in [2.45, 2.75) is 32.6 Å². The van der Waals surface area contributed by atoms with Gasteiger partial charge in [0, 0.05) is 23.5 Å². The molecular weight excluding hydrogens is 285 g/mol. The van der Waals surface area contributed by atoms with Crippen LogP contribution >= 0.6 is 11.3 Å².